The van der Waals surface area contributed by atoms with Crippen molar-refractivity contribution in [3.8, 4) is 5.75 Å². The van der Waals surface area contributed by atoms with Gasteiger partial charge in [0.05, 0.1) is 6.61 Å². The van der Waals surface area contributed by atoms with E-state index in [4.69, 9.17) is 4.74 Å². The van der Waals surface area contributed by atoms with Gasteiger partial charge in [-0.05, 0) is 42.7 Å². The van der Waals surface area contributed by atoms with E-state index in [1.165, 1.54) is 24.5 Å². The molecule has 7 nitrogen and oxygen atoms in total. The fraction of sp³-hybridized carbons (Fsp3) is 0.280. The minimum absolute atomic E-state index is 0.0210. The van der Waals surface area contributed by atoms with Crippen LogP contribution in [0.3, 0.4) is 0 Å². The van der Waals surface area contributed by atoms with Gasteiger partial charge in [-0.1, -0.05) is 30.3 Å². The molecular weight excluding hydrogens is 423 g/mol. The predicted molar refractivity (Wildman–Crippen MR) is 120 cm³/mol. The molecule has 1 aliphatic heterocycles. The van der Waals surface area contributed by atoms with E-state index in [1.54, 1.807) is 17.0 Å². The molecule has 1 atom stereocenters. The van der Waals surface area contributed by atoms with Crippen molar-refractivity contribution in [2.24, 2.45) is 5.92 Å². The predicted octanol–water partition coefficient (Wildman–Crippen LogP) is 3.48. The van der Waals surface area contributed by atoms with Crippen molar-refractivity contribution in [1.29, 1.82) is 0 Å². The Balaban J connectivity index is 1.39. The first kappa shape index (κ1) is 22.4. The largest absolute Gasteiger partial charge is 0.493 e. The zero-order chi connectivity index (χ0) is 23.0. The Hall–Kier alpha value is -3.81. The number of benzene rings is 2. The van der Waals surface area contributed by atoms with Gasteiger partial charge in [0.15, 0.2) is 11.4 Å². The number of nitrogens with one attached hydrogen (secondary N) is 1. The number of piperidine rings is 1. The molecule has 1 unspecified atom stereocenters. The molecule has 0 bridgehead atoms. The molecule has 3 aromatic rings. The molecule has 0 radical (unpaired) electrons. The van der Waals surface area contributed by atoms with Gasteiger partial charge in [0.1, 0.15) is 11.6 Å². The van der Waals surface area contributed by atoms with E-state index in [1.807, 2.05) is 30.3 Å². The number of para-hydroxylation sites is 1. The van der Waals surface area contributed by atoms with Crippen LogP contribution in [0.25, 0.3) is 0 Å². The van der Waals surface area contributed by atoms with Gasteiger partial charge in [0, 0.05) is 37.9 Å². The second-order valence-electron chi connectivity index (χ2n) is 7.95. The summed E-state index contributed by atoms with van der Waals surface area (Å²) in [5, 5.41) is 2.73. The SMILES string of the molecule is O=C(NCc1ccc(F)cc1)c1nccnc1C(=O)N1CCCC(COc2ccccc2)C1. The molecule has 8 heteroatoms. The highest BCUT2D eigenvalue weighted by Crippen LogP contribution is 2.20. The van der Waals surface area contributed by atoms with Crippen molar-refractivity contribution in [1.82, 2.24) is 20.2 Å². The van der Waals surface area contributed by atoms with Crippen molar-refractivity contribution in [3.05, 3.63) is 89.8 Å². The summed E-state index contributed by atoms with van der Waals surface area (Å²) in [6.45, 7) is 1.82. The third-order valence-electron chi connectivity index (χ3n) is 5.52. The van der Waals surface area contributed by atoms with E-state index >= 15 is 0 Å². The minimum atomic E-state index is -0.503. The first-order chi connectivity index (χ1) is 16.1. The van der Waals surface area contributed by atoms with Crippen LogP contribution >= 0.6 is 0 Å². The van der Waals surface area contributed by atoms with Crippen molar-refractivity contribution in [2.75, 3.05) is 19.7 Å². The first-order valence-electron chi connectivity index (χ1n) is 10.9. The molecule has 2 heterocycles. The summed E-state index contributed by atoms with van der Waals surface area (Å²) >= 11 is 0. The normalized spacial score (nSPS) is 15.7. The molecular formula is C25H25FN4O3. The van der Waals surface area contributed by atoms with E-state index in [0.717, 1.165) is 24.2 Å². The van der Waals surface area contributed by atoms with Crippen molar-refractivity contribution in [2.45, 2.75) is 19.4 Å². The lowest BCUT2D eigenvalue weighted by atomic mass is 9.98. The Bertz CT molecular complexity index is 1090. The maximum Gasteiger partial charge on any atom is 0.274 e. The quantitative estimate of drug-likeness (QED) is 0.598. The summed E-state index contributed by atoms with van der Waals surface area (Å²) in [7, 11) is 0. The summed E-state index contributed by atoms with van der Waals surface area (Å²) in [6.07, 6.45) is 4.60. The van der Waals surface area contributed by atoms with Gasteiger partial charge >= 0.3 is 0 Å². The number of hydrogen-bond donors (Lipinski definition) is 1. The van der Waals surface area contributed by atoms with Gasteiger partial charge in [0.25, 0.3) is 11.8 Å². The topological polar surface area (TPSA) is 84.4 Å². The number of aromatic nitrogens is 2. The Kier molecular flexibility index (Phi) is 7.24. The van der Waals surface area contributed by atoms with E-state index in [2.05, 4.69) is 15.3 Å². The van der Waals surface area contributed by atoms with Crippen LogP contribution in [-0.2, 0) is 6.54 Å². The average molecular weight is 448 g/mol. The summed E-state index contributed by atoms with van der Waals surface area (Å²) in [6, 6.07) is 15.4. The van der Waals surface area contributed by atoms with Crippen LogP contribution in [0, 0.1) is 11.7 Å². The number of likely N-dealkylation sites (tertiary alicyclic amines) is 1. The number of carbonyl (C=O) groups excluding carboxylic acids is 2. The standard InChI is InChI=1S/C25H25FN4O3/c26-20-10-8-18(9-11-20)15-29-24(31)22-23(28-13-12-27-22)25(32)30-14-4-5-19(16-30)17-33-21-6-2-1-3-7-21/h1-3,6-13,19H,4-5,14-17H2,(H,29,31). The van der Waals surface area contributed by atoms with Gasteiger partial charge in [-0.2, -0.15) is 0 Å². The van der Waals surface area contributed by atoms with Crippen molar-refractivity contribution in [3.63, 3.8) is 0 Å². The molecule has 1 saturated heterocycles. The molecule has 0 aliphatic carbocycles. The number of hydrogen-bond acceptors (Lipinski definition) is 5. The number of ether oxygens (including phenoxy) is 1. The monoisotopic (exact) mass is 448 g/mol. The highest BCUT2D eigenvalue weighted by Gasteiger charge is 2.29. The zero-order valence-corrected chi connectivity index (χ0v) is 18.1. The molecule has 1 N–H and O–H groups in total. The summed E-state index contributed by atoms with van der Waals surface area (Å²) in [5.74, 6) is -0.178. The molecule has 0 saturated carbocycles. The Morgan fingerprint density at radius 1 is 1.03 bits per heavy atom. The van der Waals surface area contributed by atoms with Crippen molar-refractivity contribution >= 4 is 11.8 Å². The Labute approximate surface area is 191 Å². The number of amides is 2. The van der Waals surface area contributed by atoms with Crippen LogP contribution in [0.4, 0.5) is 4.39 Å². The van der Waals surface area contributed by atoms with Crippen LogP contribution < -0.4 is 10.1 Å². The van der Waals surface area contributed by atoms with E-state index in [0.29, 0.717) is 19.7 Å². The second kappa shape index (κ2) is 10.7. The average Bonchev–Trinajstić information content (AvgIpc) is 2.87. The number of halogens is 1. The molecule has 33 heavy (non-hydrogen) atoms. The molecule has 1 fully saturated rings. The summed E-state index contributed by atoms with van der Waals surface area (Å²) in [5.41, 5.74) is 0.741. The van der Waals surface area contributed by atoms with Crippen LogP contribution in [0.5, 0.6) is 5.75 Å². The molecule has 1 aromatic heterocycles. The lowest BCUT2D eigenvalue weighted by molar-refractivity contribution is 0.0622. The third-order valence-corrected chi connectivity index (χ3v) is 5.52. The highest BCUT2D eigenvalue weighted by atomic mass is 19.1. The maximum atomic E-state index is 13.2. The molecule has 170 valence electrons. The van der Waals surface area contributed by atoms with E-state index < -0.39 is 5.91 Å². The lowest BCUT2D eigenvalue weighted by Crippen LogP contribution is -2.42. The number of carbonyl (C=O) groups is 2. The summed E-state index contributed by atoms with van der Waals surface area (Å²) in [4.78, 5) is 35.9. The fourth-order valence-electron chi connectivity index (χ4n) is 3.80. The van der Waals surface area contributed by atoms with Gasteiger partial charge in [0.2, 0.25) is 0 Å². The zero-order valence-electron chi connectivity index (χ0n) is 18.1. The molecule has 2 amide bonds. The second-order valence-corrected chi connectivity index (χ2v) is 7.95. The molecule has 4 rings (SSSR count). The van der Waals surface area contributed by atoms with Gasteiger partial charge < -0.3 is 15.0 Å². The molecule has 2 aromatic carbocycles. The van der Waals surface area contributed by atoms with Crippen LogP contribution in [0.1, 0.15) is 39.4 Å². The van der Waals surface area contributed by atoms with Crippen LogP contribution in [0.2, 0.25) is 0 Å². The van der Waals surface area contributed by atoms with Gasteiger partial charge in [-0.15, -0.1) is 0 Å². The molecule has 0 spiro atoms. The van der Waals surface area contributed by atoms with E-state index in [-0.39, 0.29) is 35.6 Å². The lowest BCUT2D eigenvalue weighted by Gasteiger charge is -2.32. The van der Waals surface area contributed by atoms with Gasteiger partial charge in [-0.25, -0.2) is 14.4 Å². The van der Waals surface area contributed by atoms with Crippen molar-refractivity contribution < 1.29 is 18.7 Å². The first-order valence-corrected chi connectivity index (χ1v) is 10.9. The number of nitrogens with zero attached hydrogens (tertiary/aromatic N) is 3. The van der Waals surface area contributed by atoms with E-state index in [9.17, 15) is 14.0 Å². The maximum absolute atomic E-state index is 13.2. The smallest absolute Gasteiger partial charge is 0.274 e. The Morgan fingerprint density at radius 3 is 2.52 bits per heavy atom. The van der Waals surface area contributed by atoms with Crippen LogP contribution in [0.15, 0.2) is 67.0 Å². The summed E-state index contributed by atoms with van der Waals surface area (Å²) < 4.78 is 18.9. The Morgan fingerprint density at radius 2 is 1.76 bits per heavy atom. The fourth-order valence-corrected chi connectivity index (χ4v) is 3.80. The third kappa shape index (κ3) is 5.91. The molecule has 1 aliphatic rings. The van der Waals surface area contributed by atoms with Gasteiger partial charge in [-0.3, -0.25) is 9.59 Å². The highest BCUT2D eigenvalue weighted by molar-refractivity contribution is 6.04. The van der Waals surface area contributed by atoms with Crippen LogP contribution in [-0.4, -0.2) is 46.4 Å². The minimum Gasteiger partial charge on any atom is -0.493 e. The number of rotatable bonds is 7.